The lowest BCUT2D eigenvalue weighted by molar-refractivity contribution is -0.120. The molecule has 28 heavy (non-hydrogen) atoms. The summed E-state index contributed by atoms with van der Waals surface area (Å²) in [7, 11) is 1.53. The first-order valence-electron chi connectivity index (χ1n) is 8.43. The molecule has 0 bridgehead atoms. The Balaban J connectivity index is 1.54. The second-order valence-electron chi connectivity index (χ2n) is 5.85. The fraction of sp³-hybridized carbons (Fsp3) is 0.100. The summed E-state index contributed by atoms with van der Waals surface area (Å²) in [5.41, 5.74) is 3.39. The molecule has 3 N–H and O–H groups in total. The number of hydrogen-bond donors (Lipinski definition) is 3. The molecule has 142 valence electrons. The number of amides is 2. The average molecular weight is 378 g/mol. The minimum absolute atomic E-state index is 0.254. The molecule has 0 aliphatic heterocycles. The van der Waals surface area contributed by atoms with Crippen LogP contribution in [0.2, 0.25) is 0 Å². The monoisotopic (exact) mass is 378 g/mol. The highest BCUT2D eigenvalue weighted by Gasteiger charge is 2.08. The Labute approximate surface area is 160 Å². The first-order chi connectivity index (χ1) is 13.6. The van der Waals surface area contributed by atoms with Crippen LogP contribution in [0.5, 0.6) is 5.75 Å². The molecule has 0 radical (unpaired) electrons. The molecule has 0 saturated heterocycles. The smallest absolute Gasteiger partial charge is 0.259 e. The van der Waals surface area contributed by atoms with Gasteiger partial charge >= 0.3 is 0 Å². The van der Waals surface area contributed by atoms with Crippen molar-refractivity contribution in [1.29, 1.82) is 0 Å². The first-order valence-corrected chi connectivity index (χ1v) is 8.43. The van der Waals surface area contributed by atoms with Gasteiger partial charge in [0.25, 0.3) is 17.4 Å². The van der Waals surface area contributed by atoms with Crippen molar-refractivity contribution >= 4 is 28.9 Å². The van der Waals surface area contributed by atoms with E-state index in [1.807, 2.05) is 18.2 Å². The van der Waals surface area contributed by atoms with Crippen molar-refractivity contribution in [3.05, 3.63) is 76.1 Å². The average Bonchev–Trinajstić information content (AvgIpc) is 2.72. The van der Waals surface area contributed by atoms with Crippen LogP contribution in [0.1, 0.15) is 15.9 Å². The number of nitrogens with zero attached hydrogens (tertiary/aromatic N) is 1. The number of fused-ring (bicyclic) bond motifs is 1. The number of methoxy groups -OCH3 is 1. The van der Waals surface area contributed by atoms with E-state index in [1.54, 1.807) is 36.4 Å². The van der Waals surface area contributed by atoms with Crippen molar-refractivity contribution in [3.8, 4) is 5.75 Å². The Morgan fingerprint density at radius 1 is 1.14 bits per heavy atom. The SMILES string of the molecule is COc1ccc(C(=O)NCC(=O)N/N=C\c2cc3ccccc3[nH]c2=O)cc1. The van der Waals surface area contributed by atoms with E-state index in [0.29, 0.717) is 16.9 Å². The maximum Gasteiger partial charge on any atom is 0.259 e. The largest absolute Gasteiger partial charge is 0.497 e. The van der Waals surface area contributed by atoms with Gasteiger partial charge in [-0.2, -0.15) is 5.10 Å². The number of pyridine rings is 1. The molecule has 1 aromatic heterocycles. The predicted molar refractivity (Wildman–Crippen MR) is 106 cm³/mol. The third-order valence-electron chi connectivity index (χ3n) is 3.94. The van der Waals surface area contributed by atoms with Gasteiger partial charge in [-0.1, -0.05) is 18.2 Å². The Morgan fingerprint density at radius 2 is 1.89 bits per heavy atom. The number of carbonyl (C=O) groups excluding carboxylic acids is 2. The second-order valence-corrected chi connectivity index (χ2v) is 5.85. The Kier molecular flexibility index (Phi) is 5.81. The summed E-state index contributed by atoms with van der Waals surface area (Å²) in [5.74, 6) is -0.282. The number of H-pyrrole nitrogens is 1. The van der Waals surface area contributed by atoms with E-state index in [9.17, 15) is 14.4 Å². The molecule has 0 fully saturated rings. The molecular weight excluding hydrogens is 360 g/mol. The summed E-state index contributed by atoms with van der Waals surface area (Å²) in [5, 5.41) is 7.11. The van der Waals surface area contributed by atoms with Gasteiger partial charge in [-0.25, -0.2) is 5.43 Å². The second kappa shape index (κ2) is 8.63. The quantitative estimate of drug-likeness (QED) is 0.445. The number of ether oxygens (including phenoxy) is 1. The molecule has 1 heterocycles. The zero-order valence-electron chi connectivity index (χ0n) is 15.1. The summed E-state index contributed by atoms with van der Waals surface area (Å²) in [4.78, 5) is 38.6. The molecule has 0 unspecified atom stereocenters. The van der Waals surface area contributed by atoms with Crippen LogP contribution in [0.4, 0.5) is 0 Å². The molecule has 0 saturated carbocycles. The minimum Gasteiger partial charge on any atom is -0.497 e. The maximum absolute atomic E-state index is 12.0. The van der Waals surface area contributed by atoms with Gasteiger partial charge in [-0.3, -0.25) is 14.4 Å². The van der Waals surface area contributed by atoms with Gasteiger partial charge in [0.15, 0.2) is 0 Å². The molecule has 0 aliphatic carbocycles. The molecule has 2 amide bonds. The summed E-state index contributed by atoms with van der Waals surface area (Å²) in [6.07, 6.45) is 1.26. The van der Waals surface area contributed by atoms with Crippen LogP contribution < -0.4 is 21.0 Å². The van der Waals surface area contributed by atoms with Gasteiger partial charge in [0.2, 0.25) is 0 Å². The van der Waals surface area contributed by atoms with E-state index in [4.69, 9.17) is 4.74 Å². The number of para-hydroxylation sites is 1. The molecule has 3 rings (SSSR count). The highest BCUT2D eigenvalue weighted by Crippen LogP contribution is 2.11. The van der Waals surface area contributed by atoms with E-state index < -0.39 is 11.8 Å². The van der Waals surface area contributed by atoms with Gasteiger partial charge < -0.3 is 15.0 Å². The van der Waals surface area contributed by atoms with Crippen molar-refractivity contribution in [2.24, 2.45) is 5.10 Å². The predicted octanol–water partition coefficient (Wildman–Crippen LogP) is 1.42. The number of aromatic amines is 1. The molecule has 8 heteroatoms. The Bertz CT molecular complexity index is 1090. The molecule has 0 aliphatic rings. The first kappa shape index (κ1) is 18.8. The Morgan fingerprint density at radius 3 is 2.64 bits per heavy atom. The van der Waals surface area contributed by atoms with Crippen LogP contribution in [0.25, 0.3) is 10.9 Å². The number of benzene rings is 2. The van der Waals surface area contributed by atoms with Crippen molar-refractivity contribution in [2.75, 3.05) is 13.7 Å². The molecule has 8 nitrogen and oxygen atoms in total. The third kappa shape index (κ3) is 4.61. The number of hydrazone groups is 1. The van der Waals surface area contributed by atoms with Crippen LogP contribution in [-0.4, -0.2) is 36.7 Å². The standard InChI is InChI=1S/C20H18N4O4/c1-28-16-8-6-13(7-9-16)19(26)21-12-18(25)24-22-11-15-10-14-4-2-3-5-17(14)23-20(15)27/h2-11H,12H2,1H3,(H,21,26)(H,23,27)(H,24,25)/b22-11-. The van der Waals surface area contributed by atoms with Crippen LogP contribution in [0, 0.1) is 0 Å². The molecule has 3 aromatic rings. The molecule has 2 aromatic carbocycles. The lowest BCUT2D eigenvalue weighted by Crippen LogP contribution is -2.35. The fourth-order valence-corrected chi connectivity index (χ4v) is 2.48. The maximum atomic E-state index is 12.0. The molecule has 0 spiro atoms. The van der Waals surface area contributed by atoms with Crippen LogP contribution in [0.15, 0.2) is 64.5 Å². The summed E-state index contributed by atoms with van der Waals surface area (Å²) in [6, 6.07) is 15.5. The van der Waals surface area contributed by atoms with Crippen LogP contribution in [0.3, 0.4) is 0 Å². The van der Waals surface area contributed by atoms with Gasteiger partial charge in [0.05, 0.1) is 25.4 Å². The van der Waals surface area contributed by atoms with E-state index in [1.165, 1.54) is 13.3 Å². The number of carbonyl (C=O) groups is 2. The van der Waals surface area contributed by atoms with Gasteiger partial charge in [0, 0.05) is 11.1 Å². The highest BCUT2D eigenvalue weighted by molar-refractivity contribution is 5.96. The summed E-state index contributed by atoms with van der Waals surface area (Å²) in [6.45, 7) is -0.254. The zero-order chi connectivity index (χ0) is 19.9. The van der Waals surface area contributed by atoms with E-state index in [2.05, 4.69) is 20.8 Å². The van der Waals surface area contributed by atoms with Gasteiger partial charge in [0.1, 0.15) is 5.75 Å². The summed E-state index contributed by atoms with van der Waals surface area (Å²) >= 11 is 0. The van der Waals surface area contributed by atoms with Gasteiger partial charge in [-0.05, 0) is 41.8 Å². The normalized spacial score (nSPS) is 10.8. The lowest BCUT2D eigenvalue weighted by atomic mass is 10.2. The highest BCUT2D eigenvalue weighted by atomic mass is 16.5. The number of rotatable bonds is 6. The number of nitrogens with one attached hydrogen (secondary N) is 3. The number of aromatic nitrogens is 1. The molecule has 0 atom stereocenters. The fourth-order valence-electron chi connectivity index (χ4n) is 2.48. The van der Waals surface area contributed by atoms with E-state index in [0.717, 1.165) is 10.9 Å². The van der Waals surface area contributed by atoms with E-state index in [-0.39, 0.29) is 12.1 Å². The Hall–Kier alpha value is -3.94. The lowest BCUT2D eigenvalue weighted by Gasteiger charge is -2.05. The minimum atomic E-state index is -0.518. The number of hydrogen-bond acceptors (Lipinski definition) is 5. The van der Waals surface area contributed by atoms with Crippen molar-refractivity contribution in [2.45, 2.75) is 0 Å². The van der Waals surface area contributed by atoms with Crippen LogP contribution >= 0.6 is 0 Å². The van der Waals surface area contributed by atoms with Crippen molar-refractivity contribution < 1.29 is 14.3 Å². The van der Waals surface area contributed by atoms with Gasteiger partial charge in [-0.15, -0.1) is 0 Å². The van der Waals surface area contributed by atoms with E-state index >= 15 is 0 Å². The van der Waals surface area contributed by atoms with Crippen LogP contribution in [-0.2, 0) is 4.79 Å². The van der Waals surface area contributed by atoms with Crippen molar-refractivity contribution in [3.63, 3.8) is 0 Å². The zero-order valence-corrected chi connectivity index (χ0v) is 15.1. The third-order valence-corrected chi connectivity index (χ3v) is 3.94. The molecular formula is C20H18N4O4. The van der Waals surface area contributed by atoms with Crippen molar-refractivity contribution in [1.82, 2.24) is 15.7 Å². The summed E-state index contributed by atoms with van der Waals surface area (Å²) < 4.78 is 5.02. The topological polar surface area (TPSA) is 113 Å².